The predicted octanol–water partition coefficient (Wildman–Crippen LogP) is 5.05. The monoisotopic (exact) mass is 367 g/mol. The summed E-state index contributed by atoms with van der Waals surface area (Å²) in [7, 11) is 0. The molecule has 0 bridgehead atoms. The van der Waals surface area contributed by atoms with Crippen LogP contribution < -0.4 is 5.32 Å². The quantitative estimate of drug-likeness (QED) is 0.705. The number of anilines is 2. The Morgan fingerprint density at radius 2 is 1.56 bits per heavy atom. The maximum absolute atomic E-state index is 13.3. The number of benzene rings is 2. The van der Waals surface area contributed by atoms with Crippen LogP contribution in [-0.2, 0) is 6.42 Å². The number of carbonyl (C=O) groups excluding carboxylic acids is 1. The first kappa shape index (κ1) is 17.4. The molecular weight excluding hydrogens is 348 g/mol. The minimum atomic E-state index is -0.336. The summed E-state index contributed by atoms with van der Waals surface area (Å²) in [5, 5.41) is 7.72. The molecule has 0 saturated carbocycles. The highest BCUT2D eigenvalue weighted by molar-refractivity contribution is 6.03. The molecule has 3 aromatic rings. The molecule has 0 atom stereocenters. The molecule has 0 amide bonds. The fourth-order valence-corrected chi connectivity index (χ4v) is 3.50. The Morgan fingerprint density at radius 3 is 2.19 bits per heavy atom. The molecule has 0 saturated heterocycles. The zero-order valence-electron chi connectivity index (χ0n) is 15.1. The highest BCUT2D eigenvalue weighted by atomic mass is 19.1. The van der Waals surface area contributed by atoms with Gasteiger partial charge >= 0.3 is 0 Å². The zero-order chi connectivity index (χ0) is 19.2. The second kappa shape index (κ2) is 6.30. The molecule has 1 heterocycles. The molecule has 2 aromatic carbocycles. The van der Waals surface area contributed by atoms with Gasteiger partial charge in [-0.3, -0.25) is 4.79 Å². The van der Waals surface area contributed by atoms with Crippen LogP contribution in [0.25, 0.3) is 5.69 Å². The number of nitrogens with one attached hydrogen (secondary N) is 1. The molecule has 0 aliphatic heterocycles. The maximum atomic E-state index is 13.3. The smallest absolute Gasteiger partial charge is 0.169 e. The van der Waals surface area contributed by atoms with Gasteiger partial charge in [-0.1, -0.05) is 13.8 Å². The Morgan fingerprint density at radius 1 is 0.963 bits per heavy atom. The van der Waals surface area contributed by atoms with E-state index < -0.39 is 0 Å². The third-order valence-electron chi connectivity index (χ3n) is 4.72. The zero-order valence-corrected chi connectivity index (χ0v) is 15.1. The lowest BCUT2D eigenvalue weighted by Crippen LogP contribution is -2.28. The van der Waals surface area contributed by atoms with Gasteiger partial charge in [-0.05, 0) is 60.4 Å². The van der Waals surface area contributed by atoms with E-state index in [1.54, 1.807) is 28.9 Å². The SMILES string of the molecule is CC1(C)CC(=O)c2c(Nc3ccc(F)cc3)nn(-c3ccc(F)cc3)c2C1. The third-order valence-corrected chi connectivity index (χ3v) is 4.72. The molecule has 1 aliphatic rings. The summed E-state index contributed by atoms with van der Waals surface area (Å²) in [4.78, 5) is 12.9. The minimum Gasteiger partial charge on any atom is -0.338 e. The molecule has 4 rings (SSSR count). The molecule has 0 spiro atoms. The topological polar surface area (TPSA) is 46.9 Å². The highest BCUT2D eigenvalue weighted by Crippen LogP contribution is 2.39. The Kier molecular flexibility index (Phi) is 4.06. The first-order valence-corrected chi connectivity index (χ1v) is 8.76. The van der Waals surface area contributed by atoms with Crippen LogP contribution in [0.2, 0.25) is 0 Å². The van der Waals surface area contributed by atoms with Crippen molar-refractivity contribution < 1.29 is 13.6 Å². The standard InChI is InChI=1S/C21H19F2N3O/c1-21(2)11-17-19(18(27)12-21)20(24-15-7-3-13(22)4-8-15)25-26(17)16-9-5-14(23)6-10-16/h3-10H,11-12H2,1-2H3,(H,24,25). The number of carbonyl (C=O) groups is 1. The van der Waals surface area contributed by atoms with E-state index in [-0.39, 0.29) is 22.8 Å². The number of Topliss-reactive ketones (excluding diaryl/α,β-unsaturated/α-hetero) is 1. The predicted molar refractivity (Wildman–Crippen MR) is 99.6 cm³/mol. The summed E-state index contributed by atoms with van der Waals surface area (Å²) in [6.07, 6.45) is 1.09. The minimum absolute atomic E-state index is 0.0132. The van der Waals surface area contributed by atoms with Crippen LogP contribution in [-0.4, -0.2) is 15.6 Å². The molecule has 1 aliphatic carbocycles. The number of hydrogen-bond acceptors (Lipinski definition) is 3. The number of halogens is 2. The van der Waals surface area contributed by atoms with Gasteiger partial charge in [0.2, 0.25) is 0 Å². The first-order chi connectivity index (χ1) is 12.8. The van der Waals surface area contributed by atoms with Crippen LogP contribution in [0.5, 0.6) is 0 Å². The molecule has 4 nitrogen and oxygen atoms in total. The van der Waals surface area contributed by atoms with Gasteiger partial charge in [0, 0.05) is 12.1 Å². The van der Waals surface area contributed by atoms with Crippen LogP contribution in [0.3, 0.4) is 0 Å². The van der Waals surface area contributed by atoms with E-state index in [0.717, 1.165) is 5.69 Å². The molecular formula is C21H19F2N3O. The second-order valence-corrected chi connectivity index (χ2v) is 7.63. The average Bonchev–Trinajstić information content (AvgIpc) is 2.95. The molecule has 0 radical (unpaired) electrons. The number of aromatic nitrogens is 2. The van der Waals surface area contributed by atoms with Gasteiger partial charge in [-0.25, -0.2) is 13.5 Å². The lowest BCUT2D eigenvalue weighted by molar-refractivity contribution is 0.0912. The summed E-state index contributed by atoms with van der Waals surface area (Å²) >= 11 is 0. The largest absolute Gasteiger partial charge is 0.338 e. The number of hydrogen-bond donors (Lipinski definition) is 1. The fourth-order valence-electron chi connectivity index (χ4n) is 3.50. The van der Waals surface area contributed by atoms with Crippen molar-refractivity contribution in [2.75, 3.05) is 5.32 Å². The van der Waals surface area contributed by atoms with Gasteiger partial charge in [0.1, 0.15) is 11.6 Å². The van der Waals surface area contributed by atoms with Gasteiger partial charge in [-0.2, -0.15) is 0 Å². The molecule has 1 aromatic heterocycles. The van der Waals surface area contributed by atoms with Gasteiger partial charge in [0.05, 0.1) is 16.9 Å². The fraction of sp³-hybridized carbons (Fsp3) is 0.238. The van der Waals surface area contributed by atoms with Crippen molar-refractivity contribution in [2.24, 2.45) is 5.41 Å². The van der Waals surface area contributed by atoms with Crippen molar-refractivity contribution in [1.82, 2.24) is 9.78 Å². The summed E-state index contributed by atoms with van der Waals surface area (Å²) < 4.78 is 28.2. The first-order valence-electron chi connectivity index (χ1n) is 8.76. The summed E-state index contributed by atoms with van der Waals surface area (Å²) in [5.74, 6) is -0.223. The molecule has 1 N–H and O–H groups in total. The summed E-state index contributed by atoms with van der Waals surface area (Å²) in [5.41, 5.74) is 2.48. The molecule has 6 heteroatoms. The lowest BCUT2D eigenvalue weighted by atomic mass is 9.76. The maximum Gasteiger partial charge on any atom is 0.169 e. The van der Waals surface area contributed by atoms with Crippen molar-refractivity contribution in [3.8, 4) is 5.69 Å². The van der Waals surface area contributed by atoms with E-state index in [1.807, 2.05) is 13.8 Å². The number of nitrogens with zero attached hydrogens (tertiary/aromatic N) is 2. The van der Waals surface area contributed by atoms with Crippen molar-refractivity contribution in [1.29, 1.82) is 0 Å². The Labute approximate surface area is 155 Å². The average molecular weight is 367 g/mol. The van der Waals surface area contributed by atoms with E-state index >= 15 is 0 Å². The Balaban J connectivity index is 1.83. The third kappa shape index (κ3) is 3.35. The van der Waals surface area contributed by atoms with Crippen LogP contribution in [0.1, 0.15) is 36.3 Å². The van der Waals surface area contributed by atoms with E-state index in [4.69, 9.17) is 0 Å². The van der Waals surface area contributed by atoms with E-state index in [2.05, 4.69) is 10.4 Å². The molecule has 138 valence electrons. The van der Waals surface area contributed by atoms with Crippen molar-refractivity contribution in [3.63, 3.8) is 0 Å². The van der Waals surface area contributed by atoms with E-state index in [1.165, 1.54) is 24.3 Å². The van der Waals surface area contributed by atoms with Crippen LogP contribution in [0.4, 0.5) is 20.3 Å². The number of ketones is 1. The Hall–Kier alpha value is -3.02. The second-order valence-electron chi connectivity index (χ2n) is 7.63. The van der Waals surface area contributed by atoms with Crippen LogP contribution >= 0.6 is 0 Å². The van der Waals surface area contributed by atoms with Gasteiger partial charge in [0.15, 0.2) is 11.6 Å². The van der Waals surface area contributed by atoms with Gasteiger partial charge in [-0.15, -0.1) is 5.10 Å². The number of fused-ring (bicyclic) bond motifs is 1. The lowest BCUT2D eigenvalue weighted by Gasteiger charge is -2.29. The molecule has 0 fully saturated rings. The van der Waals surface area contributed by atoms with Crippen LogP contribution in [0.15, 0.2) is 48.5 Å². The van der Waals surface area contributed by atoms with Crippen molar-refractivity contribution >= 4 is 17.3 Å². The van der Waals surface area contributed by atoms with Gasteiger partial charge in [0.25, 0.3) is 0 Å². The Bertz CT molecular complexity index is 1010. The summed E-state index contributed by atoms with van der Waals surface area (Å²) in [6.45, 7) is 4.09. The van der Waals surface area contributed by atoms with Crippen LogP contribution in [0, 0.1) is 17.0 Å². The summed E-state index contributed by atoms with van der Waals surface area (Å²) in [6, 6.07) is 11.9. The van der Waals surface area contributed by atoms with Crippen molar-refractivity contribution in [3.05, 3.63) is 71.4 Å². The normalized spacial score (nSPS) is 15.5. The number of rotatable bonds is 3. The molecule has 0 unspecified atom stereocenters. The van der Waals surface area contributed by atoms with E-state index in [9.17, 15) is 13.6 Å². The van der Waals surface area contributed by atoms with Gasteiger partial charge < -0.3 is 5.32 Å². The van der Waals surface area contributed by atoms with E-state index in [0.29, 0.717) is 35.6 Å². The highest BCUT2D eigenvalue weighted by Gasteiger charge is 2.36. The van der Waals surface area contributed by atoms with Crippen molar-refractivity contribution in [2.45, 2.75) is 26.7 Å². The molecule has 27 heavy (non-hydrogen) atoms.